The van der Waals surface area contributed by atoms with Gasteiger partial charge in [-0.2, -0.15) is 0 Å². The van der Waals surface area contributed by atoms with Crippen molar-refractivity contribution < 1.29 is 23.9 Å². The zero-order valence-corrected chi connectivity index (χ0v) is 18.3. The number of likely N-dealkylation sites (tertiary alicyclic amines) is 1. The lowest BCUT2D eigenvalue weighted by Crippen LogP contribution is -2.46. The topological polar surface area (TPSA) is 95.9 Å². The fourth-order valence-corrected chi connectivity index (χ4v) is 4.00. The first-order valence-corrected chi connectivity index (χ1v) is 13.0. The molecule has 9 heteroatoms. The predicted octanol–water partition coefficient (Wildman–Crippen LogP) is 1.93. The molecule has 0 aromatic carbocycles. The third kappa shape index (κ3) is 7.28. The summed E-state index contributed by atoms with van der Waals surface area (Å²) in [6.07, 6.45) is 1.31. The number of carbonyl (C=O) groups is 3. The van der Waals surface area contributed by atoms with Gasteiger partial charge < -0.3 is 19.7 Å². The standard InChI is InChI=1S/C17H32N2O5SSi/c1-17(2,3)26(4,5)24-10-13-6-7-15(21)19(13)9-8-18-14(20)11-25-12-16(22)23/h13H,6-12H2,1-5H3,(H,18,20)(H,22,23)/t13-/m0/s1. The van der Waals surface area contributed by atoms with E-state index in [9.17, 15) is 14.4 Å². The molecule has 2 N–H and O–H groups in total. The second-order valence-electron chi connectivity index (χ2n) is 8.09. The number of carboxylic acid groups (broad SMARTS) is 1. The Hall–Kier alpha value is -1.06. The number of rotatable bonds is 10. The van der Waals surface area contributed by atoms with E-state index in [0.29, 0.717) is 26.1 Å². The maximum atomic E-state index is 12.1. The quantitative estimate of drug-likeness (QED) is 0.540. The first-order valence-electron chi connectivity index (χ1n) is 8.93. The first kappa shape index (κ1) is 23.0. The van der Waals surface area contributed by atoms with Crippen molar-refractivity contribution >= 4 is 37.9 Å². The van der Waals surface area contributed by atoms with Crippen molar-refractivity contribution in [1.82, 2.24) is 10.2 Å². The second kappa shape index (κ2) is 9.75. The van der Waals surface area contributed by atoms with Crippen LogP contribution in [0.2, 0.25) is 18.1 Å². The molecule has 150 valence electrons. The Labute approximate surface area is 161 Å². The van der Waals surface area contributed by atoms with Crippen LogP contribution in [0.25, 0.3) is 0 Å². The summed E-state index contributed by atoms with van der Waals surface area (Å²) in [7, 11) is -1.86. The summed E-state index contributed by atoms with van der Waals surface area (Å²) in [6.45, 7) is 12.3. The molecule has 1 aliphatic heterocycles. The summed E-state index contributed by atoms with van der Waals surface area (Å²) >= 11 is 1.06. The molecule has 1 fully saturated rings. The summed E-state index contributed by atoms with van der Waals surface area (Å²) in [5.74, 6) is -1.03. The maximum absolute atomic E-state index is 12.1. The van der Waals surface area contributed by atoms with E-state index < -0.39 is 14.3 Å². The van der Waals surface area contributed by atoms with E-state index in [1.165, 1.54) is 0 Å². The largest absolute Gasteiger partial charge is 0.481 e. The van der Waals surface area contributed by atoms with Crippen LogP contribution < -0.4 is 5.32 Å². The van der Waals surface area contributed by atoms with Crippen LogP contribution in [-0.4, -0.2) is 73.4 Å². The Bertz CT molecular complexity index is 522. The van der Waals surface area contributed by atoms with Crippen LogP contribution in [0.3, 0.4) is 0 Å². The summed E-state index contributed by atoms with van der Waals surface area (Å²) in [5.41, 5.74) is 0. The zero-order chi connectivity index (χ0) is 20.0. The Morgan fingerprint density at radius 3 is 2.58 bits per heavy atom. The van der Waals surface area contributed by atoms with Gasteiger partial charge in [-0.3, -0.25) is 14.4 Å². The van der Waals surface area contributed by atoms with Gasteiger partial charge in [0, 0.05) is 19.5 Å². The number of thioether (sulfide) groups is 1. The fourth-order valence-electron chi connectivity index (χ4n) is 2.39. The number of aliphatic carboxylic acids is 1. The summed E-state index contributed by atoms with van der Waals surface area (Å²) in [4.78, 5) is 36.0. The van der Waals surface area contributed by atoms with E-state index in [-0.39, 0.29) is 34.4 Å². The number of amides is 2. The highest BCUT2D eigenvalue weighted by Gasteiger charge is 2.39. The van der Waals surface area contributed by atoms with Crippen molar-refractivity contribution in [3.05, 3.63) is 0 Å². The summed E-state index contributed by atoms with van der Waals surface area (Å²) in [6, 6.07) is 0.0647. The van der Waals surface area contributed by atoms with Gasteiger partial charge >= 0.3 is 5.97 Å². The molecule has 1 saturated heterocycles. The number of hydrogen-bond acceptors (Lipinski definition) is 5. The summed E-state index contributed by atoms with van der Waals surface area (Å²) in [5, 5.41) is 11.4. The van der Waals surface area contributed by atoms with E-state index in [1.807, 2.05) is 0 Å². The molecule has 7 nitrogen and oxygen atoms in total. The lowest BCUT2D eigenvalue weighted by molar-refractivity contribution is -0.134. The Balaban J connectivity index is 2.40. The zero-order valence-electron chi connectivity index (χ0n) is 16.5. The van der Waals surface area contributed by atoms with Crippen molar-refractivity contribution in [2.75, 3.05) is 31.2 Å². The highest BCUT2D eigenvalue weighted by molar-refractivity contribution is 8.00. The van der Waals surface area contributed by atoms with Crippen molar-refractivity contribution in [3.63, 3.8) is 0 Å². The van der Waals surface area contributed by atoms with Gasteiger partial charge in [-0.1, -0.05) is 20.8 Å². The Kier molecular flexibility index (Phi) is 8.62. The molecule has 1 aliphatic rings. The van der Waals surface area contributed by atoms with E-state index in [4.69, 9.17) is 9.53 Å². The molecule has 1 atom stereocenters. The molecular formula is C17H32N2O5SSi. The van der Waals surface area contributed by atoms with Crippen LogP contribution >= 0.6 is 11.8 Å². The predicted molar refractivity (Wildman–Crippen MR) is 106 cm³/mol. The van der Waals surface area contributed by atoms with Gasteiger partial charge in [-0.15, -0.1) is 11.8 Å². The molecule has 0 unspecified atom stereocenters. The lowest BCUT2D eigenvalue weighted by Gasteiger charge is -2.38. The molecule has 0 bridgehead atoms. The molecule has 0 aliphatic carbocycles. The summed E-state index contributed by atoms with van der Waals surface area (Å²) < 4.78 is 6.26. The van der Waals surface area contributed by atoms with Gasteiger partial charge in [0.05, 0.1) is 24.2 Å². The molecule has 0 spiro atoms. The smallest absolute Gasteiger partial charge is 0.313 e. The van der Waals surface area contributed by atoms with E-state index in [1.54, 1.807) is 4.90 Å². The molecule has 0 saturated carbocycles. The monoisotopic (exact) mass is 404 g/mol. The molecule has 1 rings (SSSR count). The third-order valence-corrected chi connectivity index (χ3v) is 10.4. The van der Waals surface area contributed by atoms with Crippen molar-refractivity contribution in [3.8, 4) is 0 Å². The normalized spacial score (nSPS) is 18.3. The van der Waals surface area contributed by atoms with Gasteiger partial charge in [-0.05, 0) is 24.6 Å². The molecule has 0 aromatic rings. The maximum Gasteiger partial charge on any atom is 0.313 e. The van der Waals surface area contributed by atoms with Crippen molar-refractivity contribution in [2.45, 2.75) is 57.8 Å². The number of nitrogens with one attached hydrogen (secondary N) is 1. The molecule has 0 radical (unpaired) electrons. The Morgan fingerprint density at radius 1 is 1.35 bits per heavy atom. The van der Waals surface area contributed by atoms with Gasteiger partial charge in [0.2, 0.25) is 11.8 Å². The van der Waals surface area contributed by atoms with Crippen LogP contribution in [0.1, 0.15) is 33.6 Å². The highest BCUT2D eigenvalue weighted by atomic mass is 32.2. The van der Waals surface area contributed by atoms with Crippen LogP contribution in [0.15, 0.2) is 0 Å². The van der Waals surface area contributed by atoms with E-state index >= 15 is 0 Å². The van der Waals surface area contributed by atoms with Crippen molar-refractivity contribution in [2.24, 2.45) is 0 Å². The minimum Gasteiger partial charge on any atom is -0.481 e. The Morgan fingerprint density at radius 2 is 2.00 bits per heavy atom. The van der Waals surface area contributed by atoms with Crippen LogP contribution in [-0.2, 0) is 18.8 Å². The van der Waals surface area contributed by atoms with Crippen LogP contribution in [0, 0.1) is 0 Å². The molecule has 26 heavy (non-hydrogen) atoms. The number of nitrogens with zero attached hydrogens (tertiary/aromatic N) is 1. The number of carboxylic acids is 1. The average Bonchev–Trinajstić information content (AvgIpc) is 2.84. The fraction of sp³-hybridized carbons (Fsp3) is 0.824. The van der Waals surface area contributed by atoms with Gasteiger partial charge in [0.25, 0.3) is 0 Å². The molecular weight excluding hydrogens is 372 g/mol. The van der Waals surface area contributed by atoms with Crippen LogP contribution in [0.4, 0.5) is 0 Å². The van der Waals surface area contributed by atoms with Crippen LogP contribution in [0.5, 0.6) is 0 Å². The van der Waals surface area contributed by atoms with E-state index in [2.05, 4.69) is 39.2 Å². The van der Waals surface area contributed by atoms with Crippen molar-refractivity contribution in [1.29, 1.82) is 0 Å². The number of carbonyl (C=O) groups excluding carboxylic acids is 2. The average molecular weight is 405 g/mol. The minimum atomic E-state index is -1.86. The third-order valence-electron chi connectivity index (χ3n) is 5.03. The van der Waals surface area contributed by atoms with Gasteiger partial charge in [0.15, 0.2) is 8.32 Å². The minimum absolute atomic E-state index is 0.0647. The number of hydrogen-bond donors (Lipinski definition) is 2. The molecule has 2 amide bonds. The van der Waals surface area contributed by atoms with Gasteiger partial charge in [-0.25, -0.2) is 0 Å². The molecule has 1 heterocycles. The van der Waals surface area contributed by atoms with Gasteiger partial charge in [0.1, 0.15) is 0 Å². The highest BCUT2D eigenvalue weighted by Crippen LogP contribution is 2.37. The second-order valence-corrected chi connectivity index (χ2v) is 13.9. The SMILES string of the molecule is CC(C)(C)[Si](C)(C)OC[C@@H]1CCC(=O)N1CCNC(=O)CSCC(=O)O. The molecule has 0 aromatic heterocycles. The lowest BCUT2D eigenvalue weighted by atomic mass is 10.2. The van der Waals surface area contributed by atoms with E-state index in [0.717, 1.165) is 18.2 Å². The first-order chi connectivity index (χ1) is 11.9.